The fourth-order valence-electron chi connectivity index (χ4n) is 12.8. The molecule has 11 aromatic rings. The van der Waals surface area contributed by atoms with Crippen LogP contribution >= 0.6 is 0 Å². The van der Waals surface area contributed by atoms with Crippen LogP contribution < -0.4 is 0 Å². The molecular weight excluding hydrogens is 757 g/mol. The molecule has 0 saturated heterocycles. The van der Waals surface area contributed by atoms with E-state index in [9.17, 15) is 0 Å². The fraction of sp³-hybridized carbons (Fsp3) is 0.143. The maximum atomic E-state index is 2.49. The molecule has 63 heavy (non-hydrogen) atoms. The van der Waals surface area contributed by atoms with Crippen molar-refractivity contribution < 1.29 is 0 Å². The van der Waals surface area contributed by atoms with Gasteiger partial charge < -0.3 is 0 Å². The van der Waals surface area contributed by atoms with Crippen LogP contribution in [-0.2, 0) is 5.41 Å². The van der Waals surface area contributed by atoms with Gasteiger partial charge in [0.1, 0.15) is 0 Å². The predicted octanol–water partition coefficient (Wildman–Crippen LogP) is 18.0. The molecule has 302 valence electrons. The van der Waals surface area contributed by atoms with Crippen molar-refractivity contribution in [2.24, 2.45) is 10.8 Å². The Balaban J connectivity index is 1.14. The van der Waals surface area contributed by atoms with Crippen molar-refractivity contribution >= 4 is 64.6 Å². The highest BCUT2D eigenvalue weighted by molar-refractivity contribution is 6.25. The Hall–Kier alpha value is -7.02. The lowest BCUT2D eigenvalue weighted by Crippen LogP contribution is -2.50. The largest absolute Gasteiger partial charge is 0.0622 e. The van der Waals surface area contributed by atoms with E-state index in [1.165, 1.54) is 120 Å². The van der Waals surface area contributed by atoms with Gasteiger partial charge in [-0.25, -0.2) is 0 Å². The van der Waals surface area contributed by atoms with Crippen molar-refractivity contribution in [3.05, 3.63) is 205 Å². The van der Waals surface area contributed by atoms with Crippen molar-refractivity contribution in [2.45, 2.75) is 47.0 Å². The van der Waals surface area contributed by atoms with Crippen LogP contribution in [0.1, 0.15) is 52.7 Å². The summed E-state index contributed by atoms with van der Waals surface area (Å²) in [6, 6.07) is 73.1. The molecule has 1 aliphatic rings. The average molecular weight is 807 g/mol. The molecule has 0 aliphatic heterocycles. The molecule has 0 nitrogen and oxygen atoms in total. The van der Waals surface area contributed by atoms with Crippen LogP contribution in [0, 0.1) is 10.8 Å². The minimum absolute atomic E-state index is 0.116. The van der Waals surface area contributed by atoms with Gasteiger partial charge in [-0.1, -0.05) is 230 Å². The minimum Gasteiger partial charge on any atom is -0.0622 e. The summed E-state index contributed by atoms with van der Waals surface area (Å²) in [7, 11) is 0. The van der Waals surface area contributed by atoms with E-state index in [1.807, 2.05) is 0 Å². The third kappa shape index (κ3) is 5.16. The average Bonchev–Trinajstić information content (AvgIpc) is 3.65. The van der Waals surface area contributed by atoms with Crippen LogP contribution in [0.5, 0.6) is 0 Å². The molecule has 0 N–H and O–H groups in total. The number of rotatable bonds is 3. The maximum absolute atomic E-state index is 2.49. The molecule has 0 radical (unpaired) electrons. The third-order valence-corrected chi connectivity index (χ3v) is 14.7. The first kappa shape index (κ1) is 37.7. The Labute approximate surface area is 370 Å². The van der Waals surface area contributed by atoms with Gasteiger partial charge in [0.15, 0.2) is 0 Å². The van der Waals surface area contributed by atoms with Gasteiger partial charge in [-0.3, -0.25) is 0 Å². The summed E-state index contributed by atoms with van der Waals surface area (Å²) in [4.78, 5) is 0. The quantitative estimate of drug-likeness (QED) is 0.123. The van der Waals surface area contributed by atoms with E-state index in [0.717, 1.165) is 0 Å². The molecule has 1 aliphatic carbocycles. The summed E-state index contributed by atoms with van der Waals surface area (Å²) in [5, 5.41) is 15.6. The van der Waals surface area contributed by atoms with Crippen LogP contribution in [0.4, 0.5) is 0 Å². The van der Waals surface area contributed by atoms with Crippen LogP contribution in [0.2, 0.25) is 0 Å². The minimum atomic E-state index is -0.296. The number of fused-ring (bicyclic) bond motifs is 13. The zero-order valence-electron chi connectivity index (χ0n) is 37.0. The Kier molecular flexibility index (Phi) is 8.08. The summed E-state index contributed by atoms with van der Waals surface area (Å²) in [6.07, 6.45) is 0. The van der Waals surface area contributed by atoms with Crippen molar-refractivity contribution in [1.29, 1.82) is 0 Å². The molecule has 0 atom stereocenters. The Morgan fingerprint density at radius 1 is 0.270 bits per heavy atom. The maximum Gasteiger partial charge on any atom is 0.0324 e. The van der Waals surface area contributed by atoms with E-state index < -0.39 is 0 Å². The smallest absolute Gasteiger partial charge is 0.0324 e. The highest BCUT2D eigenvalue weighted by atomic mass is 14.6. The molecule has 0 unspecified atom stereocenters. The summed E-state index contributed by atoms with van der Waals surface area (Å²) in [6.45, 7) is 14.9. The van der Waals surface area contributed by atoms with Crippen molar-refractivity contribution in [3.8, 4) is 44.5 Å². The van der Waals surface area contributed by atoms with Crippen LogP contribution in [-0.4, -0.2) is 0 Å². The molecule has 0 saturated carbocycles. The zero-order valence-corrected chi connectivity index (χ0v) is 37.0. The number of hydrogen-bond acceptors (Lipinski definition) is 0. The first-order valence-electron chi connectivity index (χ1n) is 22.6. The van der Waals surface area contributed by atoms with E-state index in [4.69, 9.17) is 0 Å². The standard InChI is InChI=1S/C63H50/c1-61(2,3)63(62(4,5)6)59-43-34-33-41(38-40(43)32-35-55(59)58-48-26-14-12-24-46(48)47-25-13-19-31-54(47)60(58)63)56-49-27-15-17-29-51(49)57(52-30-18-16-28-50(52)56)53-37-36-42(39-20-8-7-9-21-39)44-22-10-11-23-45(44)53/h7-38H,1-6H3. The van der Waals surface area contributed by atoms with E-state index >= 15 is 0 Å². The second-order valence-corrected chi connectivity index (χ2v) is 19.9. The topological polar surface area (TPSA) is 0 Å². The third-order valence-electron chi connectivity index (χ3n) is 14.7. The second-order valence-electron chi connectivity index (χ2n) is 19.9. The Bertz CT molecular complexity index is 3610. The van der Waals surface area contributed by atoms with Crippen molar-refractivity contribution in [2.75, 3.05) is 0 Å². The molecule has 0 fully saturated rings. The first-order chi connectivity index (χ1) is 30.6. The van der Waals surface area contributed by atoms with E-state index in [-0.39, 0.29) is 16.2 Å². The van der Waals surface area contributed by atoms with Gasteiger partial charge in [-0.2, -0.15) is 0 Å². The number of hydrogen-bond donors (Lipinski definition) is 0. The highest BCUT2D eigenvalue weighted by Gasteiger charge is 2.59. The Morgan fingerprint density at radius 2 is 0.698 bits per heavy atom. The first-order valence-corrected chi connectivity index (χ1v) is 22.6. The number of benzene rings is 11. The van der Waals surface area contributed by atoms with Crippen LogP contribution in [0.25, 0.3) is 109 Å². The lowest BCUT2D eigenvalue weighted by molar-refractivity contribution is 0.0977. The van der Waals surface area contributed by atoms with E-state index in [0.29, 0.717) is 0 Å². The fourth-order valence-corrected chi connectivity index (χ4v) is 12.8. The monoisotopic (exact) mass is 806 g/mol. The summed E-state index contributed by atoms with van der Waals surface area (Å²) in [5.74, 6) is 0. The normalized spacial score (nSPS) is 13.7. The molecule has 11 aromatic carbocycles. The second kappa shape index (κ2) is 13.5. The summed E-state index contributed by atoms with van der Waals surface area (Å²) in [5.41, 5.74) is 12.8. The summed E-state index contributed by atoms with van der Waals surface area (Å²) < 4.78 is 0. The van der Waals surface area contributed by atoms with Crippen LogP contribution in [0.3, 0.4) is 0 Å². The van der Waals surface area contributed by atoms with Crippen molar-refractivity contribution in [1.82, 2.24) is 0 Å². The molecule has 0 heterocycles. The lowest BCUT2D eigenvalue weighted by Gasteiger charge is -2.54. The lowest BCUT2D eigenvalue weighted by atomic mass is 9.49. The SMILES string of the molecule is CC(C)(C)C1(C(C)(C)C)c2c(ccc3cc(-c4c5ccccc5c(-c5ccc(-c6ccccc6)c6ccccc56)c5ccccc45)ccc23)-c2c1c1ccccc1c1ccccc21. The van der Waals surface area contributed by atoms with Gasteiger partial charge in [0, 0.05) is 5.41 Å². The van der Waals surface area contributed by atoms with E-state index in [1.54, 1.807) is 0 Å². The van der Waals surface area contributed by atoms with Gasteiger partial charge in [-0.05, 0) is 137 Å². The molecule has 0 amide bonds. The van der Waals surface area contributed by atoms with Crippen LogP contribution in [0.15, 0.2) is 194 Å². The molecular formula is C63H50. The molecule has 0 spiro atoms. The predicted molar refractivity (Wildman–Crippen MR) is 273 cm³/mol. The van der Waals surface area contributed by atoms with Crippen molar-refractivity contribution in [3.63, 3.8) is 0 Å². The van der Waals surface area contributed by atoms with Gasteiger partial charge in [0.25, 0.3) is 0 Å². The summed E-state index contributed by atoms with van der Waals surface area (Å²) >= 11 is 0. The van der Waals surface area contributed by atoms with Gasteiger partial charge in [-0.15, -0.1) is 0 Å². The Morgan fingerprint density at radius 3 is 1.27 bits per heavy atom. The molecule has 0 bridgehead atoms. The molecule has 12 rings (SSSR count). The van der Waals surface area contributed by atoms with Gasteiger partial charge in [0.2, 0.25) is 0 Å². The zero-order chi connectivity index (χ0) is 42.8. The highest BCUT2D eigenvalue weighted by Crippen LogP contribution is 2.68. The molecule has 0 heteroatoms. The molecule has 0 aromatic heterocycles. The van der Waals surface area contributed by atoms with Gasteiger partial charge >= 0.3 is 0 Å². The van der Waals surface area contributed by atoms with Gasteiger partial charge in [0.05, 0.1) is 0 Å². The van der Waals surface area contributed by atoms with E-state index in [2.05, 4.69) is 236 Å².